The van der Waals surface area contributed by atoms with Gasteiger partial charge in [-0.25, -0.2) is 4.39 Å². The third-order valence-electron chi connectivity index (χ3n) is 3.26. The van der Waals surface area contributed by atoms with Crippen molar-refractivity contribution in [1.29, 1.82) is 0 Å². The molecule has 4 nitrogen and oxygen atoms in total. The average Bonchev–Trinajstić information content (AvgIpc) is 2.48. The van der Waals surface area contributed by atoms with Crippen molar-refractivity contribution in [3.8, 4) is 0 Å². The van der Waals surface area contributed by atoms with Crippen LogP contribution in [0.5, 0.6) is 0 Å². The first-order valence-electron chi connectivity index (χ1n) is 7.17. The van der Waals surface area contributed by atoms with Gasteiger partial charge >= 0.3 is 0 Å². The summed E-state index contributed by atoms with van der Waals surface area (Å²) in [6.07, 6.45) is 0. The van der Waals surface area contributed by atoms with Gasteiger partial charge in [0, 0.05) is 26.3 Å². The van der Waals surface area contributed by atoms with Crippen molar-refractivity contribution in [1.82, 2.24) is 15.2 Å². The maximum atomic E-state index is 13.2. The summed E-state index contributed by atoms with van der Waals surface area (Å²) in [5.74, 6) is 0.519. The van der Waals surface area contributed by atoms with Gasteiger partial charge in [0.25, 0.3) is 0 Å². The Morgan fingerprint density at radius 2 is 2.05 bits per heavy atom. The molecule has 22 heavy (non-hydrogen) atoms. The first kappa shape index (κ1) is 15.9. The fourth-order valence-electron chi connectivity index (χ4n) is 2.24. The van der Waals surface area contributed by atoms with E-state index in [1.807, 2.05) is 43.1 Å². The summed E-state index contributed by atoms with van der Waals surface area (Å²) in [5.41, 5.74) is 2.85. The molecule has 0 bridgehead atoms. The summed E-state index contributed by atoms with van der Waals surface area (Å²) < 4.78 is 13.2. The predicted molar refractivity (Wildman–Crippen MR) is 87.0 cm³/mol. The Labute approximate surface area is 130 Å². The van der Waals surface area contributed by atoms with E-state index in [1.165, 1.54) is 12.1 Å². The third kappa shape index (κ3) is 4.55. The lowest BCUT2D eigenvalue weighted by Gasteiger charge is -2.22. The van der Waals surface area contributed by atoms with Gasteiger partial charge in [-0.2, -0.15) is 0 Å². The number of hydrogen-bond acceptors (Lipinski definition) is 2. The molecule has 0 atom stereocenters. The summed E-state index contributed by atoms with van der Waals surface area (Å²) in [6, 6.07) is 12.5. The van der Waals surface area contributed by atoms with E-state index in [9.17, 15) is 4.39 Å². The fourth-order valence-corrected chi connectivity index (χ4v) is 2.24. The highest BCUT2D eigenvalue weighted by Gasteiger charge is 2.07. The van der Waals surface area contributed by atoms with Crippen LogP contribution in [0.2, 0.25) is 0 Å². The third-order valence-corrected chi connectivity index (χ3v) is 3.26. The van der Waals surface area contributed by atoms with Crippen LogP contribution in [0.25, 0.3) is 0 Å². The molecule has 5 heteroatoms. The van der Waals surface area contributed by atoms with Gasteiger partial charge in [-0.3, -0.25) is 9.98 Å². The topological polar surface area (TPSA) is 40.5 Å². The van der Waals surface area contributed by atoms with Crippen LogP contribution in [0, 0.1) is 12.7 Å². The Morgan fingerprint density at radius 1 is 1.27 bits per heavy atom. The van der Waals surface area contributed by atoms with Crippen LogP contribution < -0.4 is 5.32 Å². The zero-order valence-electron chi connectivity index (χ0n) is 13.2. The van der Waals surface area contributed by atoms with Crippen molar-refractivity contribution in [2.45, 2.75) is 20.0 Å². The summed E-state index contributed by atoms with van der Waals surface area (Å²) in [6.45, 7) is 3.15. The van der Waals surface area contributed by atoms with E-state index in [2.05, 4.69) is 15.3 Å². The van der Waals surface area contributed by atoms with Crippen molar-refractivity contribution in [2.24, 2.45) is 4.99 Å². The van der Waals surface area contributed by atoms with E-state index in [-0.39, 0.29) is 5.82 Å². The number of aryl methyl sites for hydroxylation is 1. The minimum Gasteiger partial charge on any atom is -0.351 e. The number of nitrogens with zero attached hydrogens (tertiary/aromatic N) is 3. The van der Waals surface area contributed by atoms with E-state index >= 15 is 0 Å². The maximum absolute atomic E-state index is 13.2. The summed E-state index contributed by atoms with van der Waals surface area (Å²) in [7, 11) is 3.65. The lowest BCUT2D eigenvalue weighted by Crippen LogP contribution is -2.38. The van der Waals surface area contributed by atoms with Gasteiger partial charge in [-0.05, 0) is 36.8 Å². The minimum absolute atomic E-state index is 0.224. The zero-order valence-corrected chi connectivity index (χ0v) is 13.2. The molecule has 0 radical (unpaired) electrons. The molecular weight excluding hydrogens is 279 g/mol. The van der Waals surface area contributed by atoms with Crippen molar-refractivity contribution in [3.05, 3.63) is 65.2 Å². The highest BCUT2D eigenvalue weighted by Crippen LogP contribution is 2.06. The van der Waals surface area contributed by atoms with Crippen LogP contribution in [0.1, 0.15) is 17.0 Å². The van der Waals surface area contributed by atoms with Crippen molar-refractivity contribution in [3.63, 3.8) is 0 Å². The number of rotatable bonds is 4. The molecule has 0 aliphatic rings. The Balaban J connectivity index is 1.96. The number of pyridine rings is 1. The molecule has 0 spiro atoms. The predicted octanol–water partition coefficient (Wildman–Crippen LogP) is 2.74. The van der Waals surface area contributed by atoms with Gasteiger partial charge in [0.15, 0.2) is 5.96 Å². The smallest absolute Gasteiger partial charge is 0.194 e. The molecular formula is C17H21FN4. The molecule has 2 rings (SSSR count). The minimum atomic E-state index is -0.224. The van der Waals surface area contributed by atoms with Crippen molar-refractivity contribution < 1.29 is 4.39 Å². The number of hydrogen-bond donors (Lipinski definition) is 1. The summed E-state index contributed by atoms with van der Waals surface area (Å²) in [4.78, 5) is 10.7. The van der Waals surface area contributed by atoms with E-state index < -0.39 is 0 Å². The lowest BCUT2D eigenvalue weighted by molar-refractivity contribution is 0.474. The average molecular weight is 300 g/mol. The number of aromatic nitrogens is 1. The Bertz CT molecular complexity index is 655. The molecule has 0 unspecified atom stereocenters. The standard InChI is InChI=1S/C17H21FN4/c1-13-6-4-9-16(21-13)11-20-17(19-2)22(3)12-14-7-5-8-15(18)10-14/h4-10H,11-12H2,1-3H3,(H,19,20). The molecule has 0 aliphatic heterocycles. The number of aliphatic imine (C=N–C) groups is 1. The van der Waals surface area contributed by atoms with E-state index in [0.29, 0.717) is 13.1 Å². The Morgan fingerprint density at radius 3 is 2.73 bits per heavy atom. The Hall–Kier alpha value is -2.43. The maximum Gasteiger partial charge on any atom is 0.194 e. The van der Waals surface area contributed by atoms with E-state index in [0.717, 1.165) is 22.9 Å². The molecule has 116 valence electrons. The molecule has 1 N–H and O–H groups in total. The molecule has 0 amide bonds. The quantitative estimate of drug-likeness (QED) is 0.697. The fraction of sp³-hybridized carbons (Fsp3) is 0.294. The van der Waals surface area contributed by atoms with Gasteiger partial charge in [0.2, 0.25) is 0 Å². The van der Waals surface area contributed by atoms with Crippen molar-refractivity contribution in [2.75, 3.05) is 14.1 Å². The normalized spacial score (nSPS) is 11.4. The highest BCUT2D eigenvalue weighted by molar-refractivity contribution is 5.79. The van der Waals surface area contributed by atoms with Crippen LogP contribution in [0.4, 0.5) is 4.39 Å². The van der Waals surface area contributed by atoms with Crippen LogP contribution in [-0.2, 0) is 13.1 Å². The van der Waals surface area contributed by atoms with Crippen LogP contribution in [0.3, 0.4) is 0 Å². The first-order valence-corrected chi connectivity index (χ1v) is 7.17. The molecule has 1 aromatic heterocycles. The lowest BCUT2D eigenvalue weighted by atomic mass is 10.2. The van der Waals surface area contributed by atoms with E-state index in [4.69, 9.17) is 0 Å². The highest BCUT2D eigenvalue weighted by atomic mass is 19.1. The van der Waals surface area contributed by atoms with Crippen LogP contribution in [-0.4, -0.2) is 29.9 Å². The summed E-state index contributed by atoms with van der Waals surface area (Å²) >= 11 is 0. The number of guanidine groups is 1. The largest absolute Gasteiger partial charge is 0.351 e. The van der Waals surface area contributed by atoms with Gasteiger partial charge in [-0.1, -0.05) is 18.2 Å². The van der Waals surface area contributed by atoms with Gasteiger partial charge in [0.05, 0.1) is 12.2 Å². The number of nitrogens with one attached hydrogen (secondary N) is 1. The zero-order chi connectivity index (χ0) is 15.9. The molecule has 0 aliphatic carbocycles. The van der Waals surface area contributed by atoms with Crippen molar-refractivity contribution >= 4 is 5.96 Å². The van der Waals surface area contributed by atoms with Gasteiger partial charge < -0.3 is 10.2 Å². The molecule has 0 fully saturated rings. The SMILES string of the molecule is CN=C(NCc1cccc(C)n1)N(C)Cc1cccc(F)c1. The second kappa shape index (κ2) is 7.54. The number of halogens is 1. The summed E-state index contributed by atoms with van der Waals surface area (Å²) in [5, 5.41) is 3.27. The second-order valence-corrected chi connectivity index (χ2v) is 5.16. The monoisotopic (exact) mass is 300 g/mol. The van der Waals surface area contributed by atoms with Crippen LogP contribution in [0.15, 0.2) is 47.5 Å². The molecule has 1 heterocycles. The molecule has 2 aromatic rings. The van der Waals surface area contributed by atoms with E-state index in [1.54, 1.807) is 13.1 Å². The van der Waals surface area contributed by atoms with Gasteiger partial charge in [-0.15, -0.1) is 0 Å². The molecule has 0 saturated carbocycles. The first-order chi connectivity index (χ1) is 10.6. The molecule has 1 aromatic carbocycles. The Kier molecular flexibility index (Phi) is 5.47. The van der Waals surface area contributed by atoms with Gasteiger partial charge in [0.1, 0.15) is 5.82 Å². The van der Waals surface area contributed by atoms with Crippen LogP contribution >= 0.6 is 0 Å². The molecule has 0 saturated heterocycles. The number of benzene rings is 1. The second-order valence-electron chi connectivity index (χ2n) is 5.16.